The van der Waals surface area contributed by atoms with Gasteiger partial charge in [-0.2, -0.15) is 0 Å². The predicted octanol–water partition coefficient (Wildman–Crippen LogP) is 5.82. The molecule has 3 aromatic rings. The minimum atomic E-state index is 0.599. The molecule has 26 heavy (non-hydrogen) atoms. The molecular formula is C24H24O2. The van der Waals surface area contributed by atoms with E-state index in [1.54, 1.807) is 7.11 Å². The molecule has 2 nitrogen and oxygen atoms in total. The Morgan fingerprint density at radius 1 is 0.692 bits per heavy atom. The molecule has 0 spiro atoms. The van der Waals surface area contributed by atoms with Gasteiger partial charge in [0.05, 0.1) is 7.11 Å². The average molecular weight is 344 g/mol. The van der Waals surface area contributed by atoms with E-state index >= 15 is 0 Å². The molecule has 0 aliphatic heterocycles. The first-order chi connectivity index (χ1) is 12.8. The lowest BCUT2D eigenvalue weighted by Gasteiger charge is -2.17. The van der Waals surface area contributed by atoms with Crippen molar-refractivity contribution in [3.63, 3.8) is 0 Å². The van der Waals surface area contributed by atoms with Crippen LogP contribution < -0.4 is 9.47 Å². The van der Waals surface area contributed by atoms with E-state index < -0.39 is 0 Å². The Bertz CT molecular complexity index is 864. The highest BCUT2D eigenvalue weighted by atomic mass is 16.5. The molecular weight excluding hydrogens is 320 g/mol. The molecule has 0 heterocycles. The Morgan fingerprint density at radius 2 is 1.31 bits per heavy atom. The maximum absolute atomic E-state index is 6.02. The smallest absolute Gasteiger partial charge is 0.120 e. The van der Waals surface area contributed by atoms with Crippen LogP contribution in [0.5, 0.6) is 11.5 Å². The third-order valence-electron chi connectivity index (χ3n) is 5.10. The largest absolute Gasteiger partial charge is 0.497 e. The second kappa shape index (κ2) is 7.65. The lowest BCUT2D eigenvalue weighted by molar-refractivity contribution is 0.305. The van der Waals surface area contributed by atoms with Gasteiger partial charge in [0, 0.05) is 0 Å². The fraction of sp³-hybridized carbons (Fsp3) is 0.250. The summed E-state index contributed by atoms with van der Waals surface area (Å²) >= 11 is 0. The molecule has 0 bridgehead atoms. The van der Waals surface area contributed by atoms with Gasteiger partial charge in [-0.1, -0.05) is 42.5 Å². The van der Waals surface area contributed by atoms with Gasteiger partial charge in [0.25, 0.3) is 0 Å². The Morgan fingerprint density at radius 3 is 2.00 bits per heavy atom. The molecule has 0 unspecified atom stereocenters. The Hall–Kier alpha value is -2.74. The summed E-state index contributed by atoms with van der Waals surface area (Å²) in [6, 6.07) is 23.3. The van der Waals surface area contributed by atoms with Gasteiger partial charge in [-0.3, -0.25) is 0 Å². The third-order valence-corrected chi connectivity index (χ3v) is 5.10. The number of methoxy groups -OCH3 is 1. The van der Waals surface area contributed by atoms with Crippen LogP contribution in [-0.4, -0.2) is 7.11 Å². The molecule has 0 saturated heterocycles. The van der Waals surface area contributed by atoms with Gasteiger partial charge in [-0.25, -0.2) is 0 Å². The molecule has 1 aliphatic carbocycles. The SMILES string of the molecule is COc1ccc(-c2ccc(COc3ccc4c(c3)CCCC4)cc2)cc1. The number of ether oxygens (including phenoxy) is 2. The third kappa shape index (κ3) is 3.75. The maximum atomic E-state index is 6.02. The van der Waals surface area contributed by atoms with Crippen molar-refractivity contribution >= 4 is 0 Å². The summed E-state index contributed by atoms with van der Waals surface area (Å²) in [6.45, 7) is 0.599. The number of hydrogen-bond donors (Lipinski definition) is 0. The van der Waals surface area contributed by atoms with E-state index in [2.05, 4.69) is 54.6 Å². The highest BCUT2D eigenvalue weighted by Crippen LogP contribution is 2.26. The summed E-state index contributed by atoms with van der Waals surface area (Å²) in [5.41, 5.74) is 6.52. The molecule has 0 fully saturated rings. The highest BCUT2D eigenvalue weighted by Gasteiger charge is 2.10. The Kier molecular flexibility index (Phi) is 4.92. The first kappa shape index (κ1) is 16.7. The van der Waals surface area contributed by atoms with Gasteiger partial charge >= 0.3 is 0 Å². The van der Waals surface area contributed by atoms with Crippen molar-refractivity contribution in [1.82, 2.24) is 0 Å². The standard InChI is InChI=1S/C24H24O2/c1-25-23-13-10-21(11-14-23)20-8-6-18(7-9-20)17-26-24-15-12-19-4-2-3-5-22(19)16-24/h6-16H,2-5,17H2,1H3. The first-order valence-corrected chi connectivity index (χ1v) is 9.30. The van der Waals surface area contributed by atoms with Gasteiger partial charge in [0.2, 0.25) is 0 Å². The number of rotatable bonds is 5. The molecule has 3 aromatic carbocycles. The average Bonchev–Trinajstić information content (AvgIpc) is 2.72. The highest BCUT2D eigenvalue weighted by molar-refractivity contribution is 5.64. The van der Waals surface area contributed by atoms with Crippen LogP contribution >= 0.6 is 0 Å². The lowest BCUT2D eigenvalue weighted by Crippen LogP contribution is -2.03. The van der Waals surface area contributed by atoms with E-state index in [-0.39, 0.29) is 0 Å². The molecule has 0 saturated carbocycles. The van der Waals surface area contributed by atoms with Crippen LogP contribution in [0.15, 0.2) is 66.7 Å². The number of benzene rings is 3. The van der Waals surface area contributed by atoms with Crippen LogP contribution in [0.3, 0.4) is 0 Å². The topological polar surface area (TPSA) is 18.5 Å². The van der Waals surface area contributed by atoms with Crippen molar-refractivity contribution in [2.75, 3.05) is 7.11 Å². The van der Waals surface area contributed by atoms with Crippen molar-refractivity contribution in [3.8, 4) is 22.6 Å². The summed E-state index contributed by atoms with van der Waals surface area (Å²) in [5.74, 6) is 1.86. The van der Waals surface area contributed by atoms with E-state index in [4.69, 9.17) is 9.47 Å². The number of hydrogen-bond acceptors (Lipinski definition) is 2. The number of aryl methyl sites for hydroxylation is 2. The first-order valence-electron chi connectivity index (χ1n) is 9.30. The predicted molar refractivity (Wildman–Crippen MR) is 106 cm³/mol. The van der Waals surface area contributed by atoms with Crippen molar-refractivity contribution in [2.45, 2.75) is 32.3 Å². The molecule has 0 radical (unpaired) electrons. The van der Waals surface area contributed by atoms with Crippen molar-refractivity contribution in [1.29, 1.82) is 0 Å². The maximum Gasteiger partial charge on any atom is 0.120 e. The second-order valence-electron chi connectivity index (χ2n) is 6.85. The summed E-state index contributed by atoms with van der Waals surface area (Å²) < 4.78 is 11.2. The zero-order valence-electron chi connectivity index (χ0n) is 15.2. The van der Waals surface area contributed by atoms with Crippen LogP contribution in [0.1, 0.15) is 29.5 Å². The summed E-state index contributed by atoms with van der Waals surface area (Å²) in [7, 11) is 1.69. The summed E-state index contributed by atoms with van der Waals surface area (Å²) in [5, 5.41) is 0. The Balaban J connectivity index is 1.41. The van der Waals surface area contributed by atoms with E-state index in [1.165, 1.54) is 53.5 Å². The molecule has 0 amide bonds. The molecule has 1 aliphatic rings. The van der Waals surface area contributed by atoms with Gasteiger partial charge in [0.1, 0.15) is 18.1 Å². The molecule has 0 N–H and O–H groups in total. The molecule has 2 heteroatoms. The monoisotopic (exact) mass is 344 g/mol. The quantitative estimate of drug-likeness (QED) is 0.580. The summed E-state index contributed by atoms with van der Waals surface area (Å²) in [6.07, 6.45) is 5.00. The van der Waals surface area contributed by atoms with Crippen molar-refractivity contribution in [2.24, 2.45) is 0 Å². The van der Waals surface area contributed by atoms with Crippen LogP contribution in [0.25, 0.3) is 11.1 Å². The number of fused-ring (bicyclic) bond motifs is 1. The van der Waals surface area contributed by atoms with Crippen LogP contribution in [0.2, 0.25) is 0 Å². The molecule has 4 rings (SSSR count). The van der Waals surface area contributed by atoms with E-state index in [9.17, 15) is 0 Å². The minimum Gasteiger partial charge on any atom is -0.497 e. The van der Waals surface area contributed by atoms with Crippen molar-refractivity contribution in [3.05, 3.63) is 83.4 Å². The zero-order valence-corrected chi connectivity index (χ0v) is 15.2. The van der Waals surface area contributed by atoms with Gasteiger partial charge in [0.15, 0.2) is 0 Å². The van der Waals surface area contributed by atoms with Crippen LogP contribution in [0, 0.1) is 0 Å². The fourth-order valence-corrected chi connectivity index (χ4v) is 3.54. The van der Waals surface area contributed by atoms with Crippen molar-refractivity contribution < 1.29 is 9.47 Å². The van der Waals surface area contributed by atoms with E-state index in [1.807, 2.05) is 12.1 Å². The Labute approximate surface area is 155 Å². The minimum absolute atomic E-state index is 0.599. The van der Waals surface area contributed by atoms with E-state index in [0.29, 0.717) is 6.61 Å². The zero-order chi connectivity index (χ0) is 17.8. The fourth-order valence-electron chi connectivity index (χ4n) is 3.54. The van der Waals surface area contributed by atoms with Crippen LogP contribution in [-0.2, 0) is 19.4 Å². The second-order valence-corrected chi connectivity index (χ2v) is 6.85. The molecule has 132 valence electrons. The van der Waals surface area contributed by atoms with Gasteiger partial charge in [-0.15, -0.1) is 0 Å². The van der Waals surface area contributed by atoms with Gasteiger partial charge < -0.3 is 9.47 Å². The van der Waals surface area contributed by atoms with Gasteiger partial charge in [-0.05, 0) is 77.8 Å². The summed E-state index contributed by atoms with van der Waals surface area (Å²) in [4.78, 5) is 0. The van der Waals surface area contributed by atoms with Crippen LogP contribution in [0.4, 0.5) is 0 Å². The normalized spacial score (nSPS) is 13.1. The molecule has 0 aromatic heterocycles. The van der Waals surface area contributed by atoms with E-state index in [0.717, 1.165) is 11.5 Å². The lowest BCUT2D eigenvalue weighted by atomic mass is 9.92. The molecule has 0 atom stereocenters.